The number of carbonyl (C=O) groups is 1. The molecule has 0 bridgehead atoms. The lowest BCUT2D eigenvalue weighted by molar-refractivity contribution is 0.149. The van der Waals surface area contributed by atoms with E-state index in [2.05, 4.69) is 12.2 Å². The van der Waals surface area contributed by atoms with Gasteiger partial charge in [0.05, 0.1) is 12.6 Å². The number of carbonyl (C=O) groups excluding carboxylic acids is 1. The number of urea groups is 1. The highest BCUT2D eigenvalue weighted by Gasteiger charge is 2.24. The third kappa shape index (κ3) is 3.37. The number of rotatable bonds is 3. The van der Waals surface area contributed by atoms with Gasteiger partial charge in [0.2, 0.25) is 0 Å². The zero-order valence-electron chi connectivity index (χ0n) is 10.6. The number of aliphatic hydroxyl groups excluding tert-OH is 1. The van der Waals surface area contributed by atoms with E-state index in [9.17, 15) is 4.79 Å². The maximum Gasteiger partial charge on any atom is 0.317 e. The molecule has 3 atom stereocenters. The molecule has 1 aliphatic rings. The minimum absolute atomic E-state index is 0.00411. The van der Waals surface area contributed by atoms with E-state index in [1.807, 2.05) is 6.92 Å². The van der Waals surface area contributed by atoms with Crippen molar-refractivity contribution in [1.82, 2.24) is 10.2 Å². The molecule has 1 rings (SSSR count). The van der Waals surface area contributed by atoms with Crippen molar-refractivity contribution in [2.24, 2.45) is 5.92 Å². The summed E-state index contributed by atoms with van der Waals surface area (Å²) < 4.78 is 0. The lowest BCUT2D eigenvalue weighted by atomic mass is 9.86. The van der Waals surface area contributed by atoms with Gasteiger partial charge in [-0.15, -0.1) is 0 Å². The van der Waals surface area contributed by atoms with Crippen LogP contribution in [-0.2, 0) is 0 Å². The van der Waals surface area contributed by atoms with Crippen molar-refractivity contribution >= 4 is 6.03 Å². The van der Waals surface area contributed by atoms with Crippen LogP contribution >= 0.6 is 0 Å². The maximum atomic E-state index is 11.9. The van der Waals surface area contributed by atoms with Crippen LogP contribution in [0.25, 0.3) is 0 Å². The summed E-state index contributed by atoms with van der Waals surface area (Å²) in [6, 6.07) is 0.105. The average molecular weight is 228 g/mol. The summed E-state index contributed by atoms with van der Waals surface area (Å²) in [5, 5.41) is 12.0. The van der Waals surface area contributed by atoms with Gasteiger partial charge in [-0.3, -0.25) is 0 Å². The standard InChI is InChI=1S/C12H24N2O2/c1-9-6-4-5-7-11(9)13-12(16)14(3)10(2)8-15/h9-11,15H,4-8H2,1-3H3,(H,13,16). The normalized spacial score (nSPS) is 27.2. The van der Waals surface area contributed by atoms with Gasteiger partial charge in [-0.1, -0.05) is 19.8 Å². The van der Waals surface area contributed by atoms with Crippen molar-refractivity contribution in [2.75, 3.05) is 13.7 Å². The quantitative estimate of drug-likeness (QED) is 0.770. The minimum Gasteiger partial charge on any atom is -0.394 e. The first-order valence-corrected chi connectivity index (χ1v) is 6.20. The third-order valence-electron chi connectivity index (χ3n) is 3.67. The fraction of sp³-hybridized carbons (Fsp3) is 0.917. The smallest absolute Gasteiger partial charge is 0.317 e. The first kappa shape index (κ1) is 13.3. The van der Waals surface area contributed by atoms with E-state index >= 15 is 0 Å². The molecule has 0 aliphatic heterocycles. The maximum absolute atomic E-state index is 11.9. The summed E-state index contributed by atoms with van der Waals surface area (Å²) in [5.74, 6) is 0.565. The largest absolute Gasteiger partial charge is 0.394 e. The molecule has 3 unspecified atom stereocenters. The zero-order valence-corrected chi connectivity index (χ0v) is 10.6. The van der Waals surface area contributed by atoms with Crippen LogP contribution in [0.3, 0.4) is 0 Å². The molecule has 4 nitrogen and oxygen atoms in total. The number of hydrogen-bond acceptors (Lipinski definition) is 2. The van der Waals surface area contributed by atoms with Gasteiger partial charge in [0.25, 0.3) is 0 Å². The summed E-state index contributed by atoms with van der Waals surface area (Å²) in [5.41, 5.74) is 0. The van der Waals surface area contributed by atoms with E-state index in [1.165, 1.54) is 19.3 Å². The van der Waals surface area contributed by atoms with Crippen molar-refractivity contribution in [1.29, 1.82) is 0 Å². The SMILES string of the molecule is CC1CCCCC1NC(=O)N(C)C(C)CO. The second kappa shape index (κ2) is 6.09. The van der Waals surface area contributed by atoms with Gasteiger partial charge in [0.1, 0.15) is 0 Å². The number of aliphatic hydroxyl groups is 1. The molecule has 94 valence electrons. The molecule has 1 saturated carbocycles. The molecular formula is C12H24N2O2. The summed E-state index contributed by atoms with van der Waals surface area (Å²) in [6.07, 6.45) is 4.75. The van der Waals surface area contributed by atoms with Crippen LogP contribution in [0.1, 0.15) is 39.5 Å². The van der Waals surface area contributed by atoms with Gasteiger partial charge in [0.15, 0.2) is 0 Å². The van der Waals surface area contributed by atoms with Crippen LogP contribution in [0.2, 0.25) is 0 Å². The predicted molar refractivity (Wildman–Crippen MR) is 64.3 cm³/mol. The van der Waals surface area contributed by atoms with E-state index in [-0.39, 0.29) is 18.7 Å². The second-order valence-corrected chi connectivity index (χ2v) is 4.96. The highest BCUT2D eigenvalue weighted by Crippen LogP contribution is 2.23. The van der Waals surface area contributed by atoms with E-state index in [4.69, 9.17) is 5.11 Å². The Morgan fingerprint density at radius 2 is 2.12 bits per heavy atom. The van der Waals surface area contributed by atoms with Gasteiger partial charge >= 0.3 is 6.03 Å². The molecule has 1 aliphatic carbocycles. The lowest BCUT2D eigenvalue weighted by Crippen LogP contribution is -2.49. The van der Waals surface area contributed by atoms with Crippen molar-refractivity contribution in [3.63, 3.8) is 0 Å². The van der Waals surface area contributed by atoms with Gasteiger partial charge in [-0.25, -0.2) is 4.79 Å². The number of hydrogen-bond donors (Lipinski definition) is 2. The van der Waals surface area contributed by atoms with E-state index < -0.39 is 0 Å². The Kier molecular flexibility index (Phi) is 5.06. The molecule has 0 radical (unpaired) electrons. The Hall–Kier alpha value is -0.770. The van der Waals surface area contributed by atoms with Crippen LogP contribution in [0.5, 0.6) is 0 Å². The molecule has 2 amide bonds. The topological polar surface area (TPSA) is 52.6 Å². The summed E-state index contributed by atoms with van der Waals surface area (Å²) in [6.45, 7) is 4.04. The highest BCUT2D eigenvalue weighted by atomic mass is 16.3. The van der Waals surface area contributed by atoms with Crippen molar-refractivity contribution < 1.29 is 9.90 Å². The van der Waals surface area contributed by atoms with Crippen LogP contribution in [-0.4, -0.2) is 41.8 Å². The molecule has 0 heterocycles. The Labute approximate surface area is 98.0 Å². The van der Waals surface area contributed by atoms with E-state index in [0.717, 1.165) is 6.42 Å². The number of nitrogens with one attached hydrogen (secondary N) is 1. The van der Waals surface area contributed by atoms with Crippen molar-refractivity contribution in [3.8, 4) is 0 Å². The first-order valence-electron chi connectivity index (χ1n) is 6.20. The molecule has 2 N–H and O–H groups in total. The predicted octanol–water partition coefficient (Wildman–Crippen LogP) is 1.59. The van der Waals surface area contributed by atoms with Gasteiger partial charge in [0, 0.05) is 13.1 Å². The Morgan fingerprint density at radius 1 is 1.50 bits per heavy atom. The molecule has 1 fully saturated rings. The van der Waals surface area contributed by atoms with E-state index in [1.54, 1.807) is 11.9 Å². The van der Waals surface area contributed by atoms with Crippen LogP contribution in [0, 0.1) is 5.92 Å². The lowest BCUT2D eigenvalue weighted by Gasteiger charge is -2.32. The van der Waals surface area contributed by atoms with Crippen molar-refractivity contribution in [3.05, 3.63) is 0 Å². The molecule has 0 spiro atoms. The zero-order chi connectivity index (χ0) is 12.1. The fourth-order valence-electron chi connectivity index (χ4n) is 2.11. The third-order valence-corrected chi connectivity index (χ3v) is 3.67. The van der Waals surface area contributed by atoms with Gasteiger partial charge in [-0.05, 0) is 25.7 Å². The summed E-state index contributed by atoms with van der Waals surface area (Å²) in [7, 11) is 1.73. The molecule has 0 aromatic heterocycles. The monoisotopic (exact) mass is 228 g/mol. The molecule has 4 heteroatoms. The summed E-state index contributed by atoms with van der Waals surface area (Å²) in [4.78, 5) is 13.4. The first-order chi connectivity index (χ1) is 7.56. The highest BCUT2D eigenvalue weighted by molar-refractivity contribution is 5.74. The Bertz CT molecular complexity index is 233. The average Bonchev–Trinajstić information content (AvgIpc) is 2.30. The minimum atomic E-state index is -0.126. The van der Waals surface area contributed by atoms with Gasteiger partial charge in [-0.2, -0.15) is 0 Å². The second-order valence-electron chi connectivity index (χ2n) is 4.96. The number of nitrogens with zero attached hydrogens (tertiary/aromatic N) is 1. The Morgan fingerprint density at radius 3 is 2.69 bits per heavy atom. The van der Waals surface area contributed by atoms with Gasteiger partial charge < -0.3 is 15.3 Å². The molecule has 0 aromatic carbocycles. The fourth-order valence-corrected chi connectivity index (χ4v) is 2.11. The molecule has 0 saturated heterocycles. The Balaban J connectivity index is 2.43. The van der Waals surface area contributed by atoms with Crippen LogP contribution in [0.15, 0.2) is 0 Å². The van der Waals surface area contributed by atoms with Crippen molar-refractivity contribution in [2.45, 2.75) is 51.6 Å². The van der Waals surface area contributed by atoms with Crippen LogP contribution < -0.4 is 5.32 Å². The molecule has 16 heavy (non-hydrogen) atoms. The molecule has 0 aromatic rings. The van der Waals surface area contributed by atoms with E-state index in [0.29, 0.717) is 12.0 Å². The number of amides is 2. The molecular weight excluding hydrogens is 204 g/mol. The van der Waals surface area contributed by atoms with Crippen LogP contribution in [0.4, 0.5) is 4.79 Å². The number of likely N-dealkylation sites (N-methyl/N-ethyl adjacent to an activating group) is 1. The summed E-state index contributed by atoms with van der Waals surface area (Å²) >= 11 is 0.